The summed E-state index contributed by atoms with van der Waals surface area (Å²) in [5.41, 5.74) is 9.62. The molecule has 0 aromatic heterocycles. The molecule has 2 rings (SSSR count). The summed E-state index contributed by atoms with van der Waals surface area (Å²) in [7, 11) is 0. The fraction of sp³-hybridized carbons (Fsp3) is 0.0769. The van der Waals surface area contributed by atoms with Crippen LogP contribution in [0.4, 0.5) is 17.1 Å². The number of hydrogen-bond acceptors (Lipinski definition) is 2. The quantitative estimate of drug-likeness (QED) is 0.769. The molecule has 0 aliphatic heterocycles. The second-order valence-corrected chi connectivity index (χ2v) is 4.11. The van der Waals surface area contributed by atoms with Crippen molar-refractivity contribution >= 4 is 28.7 Å². The first-order chi connectivity index (χ1) is 7.66. The molecule has 0 radical (unpaired) electrons. The average Bonchev–Trinajstić information content (AvgIpc) is 2.25. The molecular formula is C13H13ClN2. The van der Waals surface area contributed by atoms with Gasteiger partial charge in [0.05, 0.1) is 11.4 Å². The van der Waals surface area contributed by atoms with Crippen LogP contribution in [0.2, 0.25) is 5.02 Å². The summed E-state index contributed by atoms with van der Waals surface area (Å²) in [5, 5.41) is 3.93. The van der Waals surface area contributed by atoms with E-state index in [0.717, 1.165) is 11.4 Å². The van der Waals surface area contributed by atoms with Crippen molar-refractivity contribution in [3.63, 3.8) is 0 Å². The number of benzene rings is 2. The van der Waals surface area contributed by atoms with Gasteiger partial charge in [0.15, 0.2) is 0 Å². The zero-order chi connectivity index (χ0) is 11.5. The van der Waals surface area contributed by atoms with Crippen molar-refractivity contribution in [3.05, 3.63) is 53.1 Å². The topological polar surface area (TPSA) is 38.0 Å². The number of para-hydroxylation sites is 1. The maximum atomic E-state index is 5.87. The van der Waals surface area contributed by atoms with Crippen LogP contribution in [-0.4, -0.2) is 0 Å². The molecule has 0 saturated heterocycles. The molecule has 0 atom stereocenters. The minimum absolute atomic E-state index is 0.646. The van der Waals surface area contributed by atoms with Gasteiger partial charge < -0.3 is 11.1 Å². The Bertz CT molecular complexity index is 509. The number of halogens is 1. The predicted molar refractivity (Wildman–Crippen MR) is 70.3 cm³/mol. The Hall–Kier alpha value is -1.67. The first kappa shape index (κ1) is 10.8. The largest absolute Gasteiger partial charge is 0.397 e. The zero-order valence-electron chi connectivity index (χ0n) is 9.00. The van der Waals surface area contributed by atoms with Crippen LogP contribution in [0.1, 0.15) is 5.56 Å². The molecule has 0 heterocycles. The van der Waals surface area contributed by atoms with Gasteiger partial charge in [0.25, 0.3) is 0 Å². The number of nitrogens with two attached hydrogens (primary N) is 1. The highest BCUT2D eigenvalue weighted by Crippen LogP contribution is 2.27. The lowest BCUT2D eigenvalue weighted by atomic mass is 10.2. The second kappa shape index (κ2) is 4.45. The van der Waals surface area contributed by atoms with Crippen molar-refractivity contribution in [2.24, 2.45) is 0 Å². The molecule has 2 nitrogen and oxygen atoms in total. The Morgan fingerprint density at radius 1 is 1.06 bits per heavy atom. The Kier molecular flexibility index (Phi) is 3.02. The molecule has 0 amide bonds. The van der Waals surface area contributed by atoms with Gasteiger partial charge in [-0.1, -0.05) is 29.8 Å². The number of hydrogen-bond donors (Lipinski definition) is 2. The lowest BCUT2D eigenvalue weighted by molar-refractivity contribution is 1.43. The van der Waals surface area contributed by atoms with Gasteiger partial charge in [-0.3, -0.25) is 0 Å². The van der Waals surface area contributed by atoms with Crippen molar-refractivity contribution in [1.29, 1.82) is 0 Å². The highest BCUT2D eigenvalue weighted by Gasteiger charge is 2.01. The summed E-state index contributed by atoms with van der Waals surface area (Å²) < 4.78 is 0. The van der Waals surface area contributed by atoms with Crippen LogP contribution in [0.25, 0.3) is 0 Å². The molecule has 0 unspecified atom stereocenters. The first-order valence-electron chi connectivity index (χ1n) is 5.04. The summed E-state index contributed by atoms with van der Waals surface area (Å²) in [6.07, 6.45) is 0. The molecule has 2 aromatic rings. The molecule has 0 aliphatic rings. The van der Waals surface area contributed by atoms with E-state index in [-0.39, 0.29) is 0 Å². The van der Waals surface area contributed by atoms with Crippen LogP contribution in [0, 0.1) is 6.92 Å². The average molecular weight is 233 g/mol. The van der Waals surface area contributed by atoms with E-state index < -0.39 is 0 Å². The maximum absolute atomic E-state index is 5.87. The van der Waals surface area contributed by atoms with Crippen molar-refractivity contribution in [2.75, 3.05) is 11.1 Å². The van der Waals surface area contributed by atoms with Gasteiger partial charge in [0, 0.05) is 10.7 Å². The molecule has 0 saturated carbocycles. The van der Waals surface area contributed by atoms with Crippen LogP contribution >= 0.6 is 11.6 Å². The lowest BCUT2D eigenvalue weighted by Gasteiger charge is -2.11. The summed E-state index contributed by atoms with van der Waals surface area (Å²) in [4.78, 5) is 0. The number of aryl methyl sites for hydroxylation is 1. The van der Waals surface area contributed by atoms with Crippen LogP contribution in [0.3, 0.4) is 0 Å². The first-order valence-corrected chi connectivity index (χ1v) is 5.42. The van der Waals surface area contributed by atoms with Gasteiger partial charge in [-0.15, -0.1) is 0 Å². The predicted octanol–water partition coefficient (Wildman–Crippen LogP) is 3.97. The third-order valence-corrected chi connectivity index (χ3v) is 2.66. The molecule has 0 aliphatic carbocycles. The minimum Gasteiger partial charge on any atom is -0.397 e. The van der Waals surface area contributed by atoms with E-state index in [9.17, 15) is 0 Å². The standard InChI is InChI=1S/C13H13ClN2/c1-9-4-2-3-5-12(9)16-13-7-6-10(14)8-11(13)15/h2-8,16H,15H2,1H3. The van der Waals surface area contributed by atoms with Crippen molar-refractivity contribution in [3.8, 4) is 0 Å². The lowest BCUT2D eigenvalue weighted by Crippen LogP contribution is -1.97. The monoisotopic (exact) mass is 232 g/mol. The van der Waals surface area contributed by atoms with E-state index in [1.54, 1.807) is 6.07 Å². The Morgan fingerprint density at radius 2 is 1.81 bits per heavy atom. The van der Waals surface area contributed by atoms with E-state index in [1.807, 2.05) is 30.3 Å². The molecule has 3 heteroatoms. The van der Waals surface area contributed by atoms with Crippen molar-refractivity contribution < 1.29 is 0 Å². The molecule has 82 valence electrons. The summed E-state index contributed by atoms with van der Waals surface area (Å²) in [6, 6.07) is 13.5. The zero-order valence-corrected chi connectivity index (χ0v) is 9.75. The van der Waals surface area contributed by atoms with E-state index in [1.165, 1.54) is 5.56 Å². The van der Waals surface area contributed by atoms with E-state index in [4.69, 9.17) is 17.3 Å². The molecule has 0 fully saturated rings. The molecule has 16 heavy (non-hydrogen) atoms. The molecule has 0 spiro atoms. The summed E-state index contributed by atoms with van der Waals surface area (Å²) in [6.45, 7) is 2.05. The summed E-state index contributed by atoms with van der Waals surface area (Å²) in [5.74, 6) is 0. The van der Waals surface area contributed by atoms with E-state index in [0.29, 0.717) is 10.7 Å². The normalized spacial score (nSPS) is 10.1. The SMILES string of the molecule is Cc1ccccc1Nc1ccc(Cl)cc1N. The number of anilines is 3. The molecule has 3 N–H and O–H groups in total. The molecule has 2 aromatic carbocycles. The number of nitrogen functional groups attached to an aromatic ring is 1. The van der Waals surface area contributed by atoms with E-state index in [2.05, 4.69) is 18.3 Å². The van der Waals surface area contributed by atoms with Gasteiger partial charge in [-0.2, -0.15) is 0 Å². The smallest absolute Gasteiger partial charge is 0.0619 e. The van der Waals surface area contributed by atoms with Gasteiger partial charge in [-0.05, 0) is 36.8 Å². The second-order valence-electron chi connectivity index (χ2n) is 3.67. The maximum Gasteiger partial charge on any atom is 0.0619 e. The fourth-order valence-electron chi connectivity index (χ4n) is 1.51. The Morgan fingerprint density at radius 3 is 2.50 bits per heavy atom. The highest BCUT2D eigenvalue weighted by molar-refractivity contribution is 6.31. The van der Waals surface area contributed by atoms with Crippen molar-refractivity contribution in [1.82, 2.24) is 0 Å². The van der Waals surface area contributed by atoms with Gasteiger partial charge >= 0.3 is 0 Å². The third kappa shape index (κ3) is 2.28. The molecular weight excluding hydrogens is 220 g/mol. The van der Waals surface area contributed by atoms with Crippen LogP contribution in [-0.2, 0) is 0 Å². The summed E-state index contributed by atoms with van der Waals surface area (Å²) >= 11 is 5.84. The van der Waals surface area contributed by atoms with Crippen LogP contribution < -0.4 is 11.1 Å². The Balaban J connectivity index is 2.31. The van der Waals surface area contributed by atoms with Crippen LogP contribution in [0.15, 0.2) is 42.5 Å². The number of nitrogens with one attached hydrogen (secondary N) is 1. The fourth-order valence-corrected chi connectivity index (χ4v) is 1.69. The Labute approximate surface area is 100 Å². The highest BCUT2D eigenvalue weighted by atomic mass is 35.5. The third-order valence-electron chi connectivity index (χ3n) is 2.43. The van der Waals surface area contributed by atoms with Gasteiger partial charge in [0.2, 0.25) is 0 Å². The van der Waals surface area contributed by atoms with Crippen molar-refractivity contribution in [2.45, 2.75) is 6.92 Å². The number of rotatable bonds is 2. The van der Waals surface area contributed by atoms with Gasteiger partial charge in [-0.25, -0.2) is 0 Å². The van der Waals surface area contributed by atoms with Crippen LogP contribution in [0.5, 0.6) is 0 Å². The van der Waals surface area contributed by atoms with E-state index >= 15 is 0 Å². The van der Waals surface area contributed by atoms with Gasteiger partial charge in [0.1, 0.15) is 0 Å². The minimum atomic E-state index is 0.646. The molecule has 0 bridgehead atoms.